The molecule has 89 heavy (non-hydrogen) atoms. The molecule has 0 aliphatic heterocycles. The number of nitrogens with zero attached hydrogens (tertiary/aromatic N) is 8. The topological polar surface area (TPSA) is 211 Å². The summed E-state index contributed by atoms with van der Waals surface area (Å²) < 4.78 is 55.2. The third-order valence-electron chi connectivity index (χ3n) is 14.6. The maximum absolute atomic E-state index is 6.50. The molecule has 10 aromatic rings. The van der Waals surface area contributed by atoms with E-state index in [0.717, 1.165) is 141 Å². The Morgan fingerprint density at radius 2 is 0.573 bits per heavy atom. The van der Waals surface area contributed by atoms with Gasteiger partial charge in [-0.25, -0.2) is 19.9 Å². The van der Waals surface area contributed by atoms with Crippen LogP contribution < -0.4 is 28.4 Å². The highest BCUT2D eigenvalue weighted by atomic mass is 16.6. The quantitative estimate of drug-likeness (QED) is 0.0265. The van der Waals surface area contributed by atoms with Crippen LogP contribution in [0.2, 0.25) is 0 Å². The van der Waals surface area contributed by atoms with Gasteiger partial charge in [-0.3, -0.25) is 0 Å². The number of ether oxygens (including phenoxy) is 9. The number of benzene rings is 6. The fourth-order valence-electron chi connectivity index (χ4n) is 10.1. The summed E-state index contributed by atoms with van der Waals surface area (Å²) in [5.41, 5.74) is 10.2. The molecule has 0 radical (unpaired) electrons. The molecule has 0 spiro atoms. The van der Waals surface area contributed by atoms with Gasteiger partial charge in [0, 0.05) is 61.6 Å². The molecule has 0 aliphatic carbocycles. The Morgan fingerprint density at radius 1 is 0.292 bits per heavy atom. The van der Waals surface area contributed by atoms with Crippen molar-refractivity contribution in [3.8, 4) is 80.0 Å². The summed E-state index contributed by atoms with van der Waals surface area (Å²) >= 11 is 0. The molecule has 0 saturated carbocycles. The number of H-pyrrole nitrogens is 4. The number of fused-ring (bicyclic) bond motifs is 4. The highest BCUT2D eigenvalue weighted by molar-refractivity contribution is 5.86. The first-order valence-corrected chi connectivity index (χ1v) is 30.7. The van der Waals surface area contributed by atoms with E-state index < -0.39 is 0 Å². The maximum atomic E-state index is 6.50. The van der Waals surface area contributed by atoms with Gasteiger partial charge in [-0.1, -0.05) is 12.1 Å². The summed E-state index contributed by atoms with van der Waals surface area (Å²) in [5.74, 6) is 7.22. The van der Waals surface area contributed by atoms with E-state index in [2.05, 4.69) is 95.9 Å². The van der Waals surface area contributed by atoms with E-state index in [1.165, 1.54) is 0 Å². The first kappa shape index (κ1) is 63.7. The number of hydrogen-bond acceptors (Lipinski definition) is 17. The second-order valence-electron chi connectivity index (χ2n) is 23.0. The predicted octanol–water partition coefficient (Wildman–Crippen LogP) is 10.7. The molecule has 0 aliphatic rings. The molecular formula is C68H86N12O9. The summed E-state index contributed by atoms with van der Waals surface area (Å²) in [4.78, 5) is 42.4. The molecule has 0 amide bonds. The summed E-state index contributed by atoms with van der Waals surface area (Å²) in [5, 5.41) is 0. The van der Waals surface area contributed by atoms with Crippen molar-refractivity contribution in [3.05, 3.63) is 109 Å². The predicted molar refractivity (Wildman–Crippen MR) is 351 cm³/mol. The molecule has 4 N–H and O–H groups in total. The normalized spacial score (nSPS) is 11.9. The minimum atomic E-state index is 0.292. The average molecular weight is 1220 g/mol. The Hall–Kier alpha value is -8.28. The van der Waals surface area contributed by atoms with Gasteiger partial charge >= 0.3 is 0 Å². The Morgan fingerprint density at radius 3 is 0.876 bits per heavy atom. The zero-order valence-electron chi connectivity index (χ0n) is 52.8. The van der Waals surface area contributed by atoms with Gasteiger partial charge in [-0.2, -0.15) is 0 Å². The van der Waals surface area contributed by atoms with Crippen molar-refractivity contribution in [2.75, 3.05) is 162 Å². The van der Waals surface area contributed by atoms with E-state index in [-0.39, 0.29) is 0 Å². The maximum Gasteiger partial charge on any atom is 0.142 e. The van der Waals surface area contributed by atoms with Gasteiger partial charge in [0.05, 0.1) is 121 Å². The molecule has 0 fully saturated rings. The van der Waals surface area contributed by atoms with Crippen LogP contribution in [0.4, 0.5) is 0 Å². The fourth-order valence-corrected chi connectivity index (χ4v) is 10.1. The lowest BCUT2D eigenvalue weighted by Gasteiger charge is -2.13. The van der Waals surface area contributed by atoms with Crippen LogP contribution in [0.3, 0.4) is 0 Å². The van der Waals surface area contributed by atoms with E-state index in [9.17, 15) is 0 Å². The summed E-state index contributed by atoms with van der Waals surface area (Å²) in [6.45, 7) is 9.14. The molecule has 21 nitrogen and oxygen atoms in total. The van der Waals surface area contributed by atoms with Crippen LogP contribution in [0.25, 0.3) is 89.7 Å². The van der Waals surface area contributed by atoms with Crippen molar-refractivity contribution in [2.24, 2.45) is 0 Å². The molecule has 4 aromatic heterocycles. The van der Waals surface area contributed by atoms with Crippen LogP contribution in [0, 0.1) is 0 Å². The van der Waals surface area contributed by atoms with Crippen LogP contribution in [-0.2, 0) is 14.2 Å². The third kappa shape index (κ3) is 18.4. The fraction of sp³-hybridized carbons (Fsp3) is 0.412. The summed E-state index contributed by atoms with van der Waals surface area (Å²) in [6.07, 6.45) is 3.73. The van der Waals surface area contributed by atoms with Crippen molar-refractivity contribution < 1.29 is 42.6 Å². The molecule has 10 rings (SSSR count). The molecular weight excluding hydrogens is 1130 g/mol. The van der Waals surface area contributed by atoms with Crippen molar-refractivity contribution in [1.29, 1.82) is 0 Å². The zero-order valence-corrected chi connectivity index (χ0v) is 52.8. The first-order valence-electron chi connectivity index (χ1n) is 30.7. The monoisotopic (exact) mass is 1210 g/mol. The summed E-state index contributed by atoms with van der Waals surface area (Å²) in [6, 6.07) is 35.8. The van der Waals surface area contributed by atoms with Gasteiger partial charge in [0.15, 0.2) is 0 Å². The van der Waals surface area contributed by atoms with E-state index >= 15 is 0 Å². The smallest absolute Gasteiger partial charge is 0.142 e. The number of imidazole rings is 4. The van der Waals surface area contributed by atoms with Crippen LogP contribution in [-0.4, -0.2) is 221 Å². The third-order valence-corrected chi connectivity index (χ3v) is 14.6. The van der Waals surface area contributed by atoms with Gasteiger partial charge in [0.2, 0.25) is 0 Å². The molecule has 0 unspecified atom stereocenters. The number of rotatable bonds is 38. The van der Waals surface area contributed by atoms with Crippen LogP contribution >= 0.6 is 0 Å². The lowest BCUT2D eigenvalue weighted by Crippen LogP contribution is -2.15. The molecule has 4 heterocycles. The van der Waals surface area contributed by atoms with Gasteiger partial charge in [-0.15, -0.1) is 0 Å². The van der Waals surface area contributed by atoms with Crippen molar-refractivity contribution in [1.82, 2.24) is 59.5 Å². The first-order chi connectivity index (χ1) is 43.4. The Balaban J connectivity index is 0.724. The highest BCUT2D eigenvalue weighted by Crippen LogP contribution is 2.37. The molecule has 472 valence electrons. The van der Waals surface area contributed by atoms with Crippen molar-refractivity contribution in [2.45, 2.75) is 25.7 Å². The van der Waals surface area contributed by atoms with Gasteiger partial charge in [-0.05, 0) is 155 Å². The summed E-state index contributed by atoms with van der Waals surface area (Å²) in [7, 11) is 16.5. The molecule has 21 heteroatoms. The minimum Gasteiger partial charge on any atom is -0.493 e. The minimum absolute atomic E-state index is 0.292. The lowest BCUT2D eigenvalue weighted by atomic mass is 10.1. The number of aromatic nitrogens is 8. The standard InChI is InChI=1S/C68H86N12O9/c1-77(2)25-9-29-84-49-15-21-55-59(43-49)73-65(69-55)47-13-19-53(67-71-57-23-17-51(45-61(57)75-67)86-31-11-27-79(5)6)63(41-47)88-39-37-82-35-33-81-34-36-83-38-40-89-64-42-48(66-70-56-22-16-50(44-60(56)74-66)85-30-10-26-78(3)4)14-20-54(64)68-72-58-24-18-52(46-62(58)76-68)87-32-12-28-80(7)8/h13-24,41-46H,9-12,25-40H2,1-8H3,(H,69,73)(H,70,74)(H,71,75)(H,72,76). The van der Waals surface area contributed by atoms with E-state index in [0.29, 0.717) is 114 Å². The number of aromatic amines is 4. The SMILES string of the molecule is CN(C)CCCOc1ccc2nc(-c3ccc(-c4nc5ccc(OCCCN(C)C)cc5[nH]4)c(OCCOCCOCCOCCOc4cc(-c5nc6ccc(OCCCN(C)C)cc6[nH]5)ccc4-c4nc5ccc(OCCCN(C)C)cc5[nH]4)c3)[nH]c2c1. The van der Waals surface area contributed by atoms with Crippen molar-refractivity contribution in [3.63, 3.8) is 0 Å². The van der Waals surface area contributed by atoms with E-state index in [1.807, 2.05) is 109 Å². The van der Waals surface area contributed by atoms with Crippen LogP contribution in [0.5, 0.6) is 34.5 Å². The molecule has 6 aromatic carbocycles. The van der Waals surface area contributed by atoms with Crippen LogP contribution in [0.15, 0.2) is 109 Å². The van der Waals surface area contributed by atoms with Gasteiger partial charge < -0.3 is 82.2 Å². The second-order valence-corrected chi connectivity index (χ2v) is 23.0. The van der Waals surface area contributed by atoms with Gasteiger partial charge in [0.25, 0.3) is 0 Å². The Bertz CT molecular complexity index is 3590. The van der Waals surface area contributed by atoms with E-state index in [1.54, 1.807) is 0 Å². The number of nitrogens with one attached hydrogen (secondary N) is 4. The van der Waals surface area contributed by atoms with E-state index in [4.69, 9.17) is 62.6 Å². The largest absolute Gasteiger partial charge is 0.493 e. The second kappa shape index (κ2) is 31.8. The molecule has 0 bridgehead atoms. The molecule has 0 saturated heterocycles. The lowest BCUT2D eigenvalue weighted by molar-refractivity contribution is 0.00504. The Kier molecular flexibility index (Phi) is 22.7. The van der Waals surface area contributed by atoms with Crippen molar-refractivity contribution >= 4 is 44.1 Å². The Labute approximate surface area is 520 Å². The highest BCUT2D eigenvalue weighted by Gasteiger charge is 2.19. The van der Waals surface area contributed by atoms with Gasteiger partial charge in [0.1, 0.15) is 71.0 Å². The molecule has 0 atom stereocenters. The average Bonchev–Trinajstić information content (AvgIpc) is 3.52. The number of hydrogen-bond donors (Lipinski definition) is 4. The zero-order chi connectivity index (χ0) is 61.9. The van der Waals surface area contributed by atoms with Crippen LogP contribution in [0.1, 0.15) is 25.7 Å².